The number of halogens is 4. The van der Waals surface area contributed by atoms with Crippen LogP contribution in [0.5, 0.6) is 17.4 Å². The fraction of sp³-hybridized carbons (Fsp3) is 0.370. The highest BCUT2D eigenvalue weighted by Crippen LogP contribution is 2.39. The van der Waals surface area contributed by atoms with Gasteiger partial charge in [-0.05, 0) is 49.4 Å². The first-order valence-electron chi connectivity index (χ1n) is 12.9. The second-order valence-corrected chi connectivity index (χ2v) is 9.84. The lowest BCUT2D eigenvalue weighted by Crippen LogP contribution is -2.46. The molecule has 3 heterocycles. The van der Waals surface area contributed by atoms with Crippen molar-refractivity contribution in [3.8, 4) is 17.4 Å². The zero-order valence-electron chi connectivity index (χ0n) is 21.7. The first-order chi connectivity index (χ1) is 19.2. The SMILES string of the molecule is CCCN1CCN(c2cc(NC(=O)c3ccc(Cl)c(Oc4ncnc5c4OCCN5)c3)cc(C(F)(F)F)c2)CC1. The fourth-order valence-electron chi connectivity index (χ4n) is 4.61. The molecule has 0 spiro atoms. The minimum Gasteiger partial charge on any atom is -0.483 e. The smallest absolute Gasteiger partial charge is 0.416 e. The van der Waals surface area contributed by atoms with E-state index in [2.05, 4.69) is 32.4 Å². The van der Waals surface area contributed by atoms with E-state index in [0.29, 0.717) is 43.5 Å². The number of carbonyl (C=O) groups excluding carboxylic acids is 1. The number of piperazine rings is 1. The number of carbonyl (C=O) groups is 1. The maximum Gasteiger partial charge on any atom is 0.416 e. The maximum atomic E-state index is 13.8. The van der Waals surface area contributed by atoms with E-state index in [9.17, 15) is 18.0 Å². The summed E-state index contributed by atoms with van der Waals surface area (Å²) in [5.41, 5.74) is -0.261. The number of anilines is 3. The van der Waals surface area contributed by atoms with Crippen molar-refractivity contribution in [1.29, 1.82) is 0 Å². The lowest BCUT2D eigenvalue weighted by molar-refractivity contribution is -0.137. The summed E-state index contributed by atoms with van der Waals surface area (Å²) in [6, 6.07) is 7.93. The van der Waals surface area contributed by atoms with Crippen molar-refractivity contribution in [2.24, 2.45) is 0 Å². The summed E-state index contributed by atoms with van der Waals surface area (Å²) in [7, 11) is 0. The average molecular weight is 577 g/mol. The predicted molar refractivity (Wildman–Crippen MR) is 146 cm³/mol. The molecule has 9 nitrogen and oxygen atoms in total. The second kappa shape index (κ2) is 11.8. The molecule has 1 saturated heterocycles. The molecule has 13 heteroatoms. The molecular weight excluding hydrogens is 549 g/mol. The Hall–Kier alpha value is -3.77. The monoisotopic (exact) mass is 576 g/mol. The fourth-order valence-corrected chi connectivity index (χ4v) is 4.77. The minimum atomic E-state index is -4.57. The molecule has 2 aliphatic heterocycles. The standard InChI is InChI=1S/C27H28ClF3N6O3/c1-2-6-36-7-9-37(10-8-36)20-14-18(27(29,30)31)13-19(15-20)35-25(38)17-3-4-21(28)22(12-17)40-26-23-24(33-16-34-26)32-5-11-39-23/h3-4,12-16H,2,5-11H2,1H3,(H,35,38)(H,32,33,34). The molecule has 212 valence electrons. The van der Waals surface area contributed by atoms with Gasteiger partial charge in [0.25, 0.3) is 11.8 Å². The number of ether oxygens (including phenoxy) is 2. The van der Waals surface area contributed by atoms with Gasteiger partial charge in [0.05, 0.1) is 17.1 Å². The summed E-state index contributed by atoms with van der Waals surface area (Å²) in [6.45, 7) is 6.72. The molecule has 40 heavy (non-hydrogen) atoms. The van der Waals surface area contributed by atoms with E-state index in [1.165, 1.54) is 24.5 Å². The van der Waals surface area contributed by atoms with Crippen molar-refractivity contribution in [1.82, 2.24) is 14.9 Å². The van der Waals surface area contributed by atoms with Crippen LogP contribution in [-0.2, 0) is 6.18 Å². The van der Waals surface area contributed by atoms with Crippen LogP contribution in [0.2, 0.25) is 5.02 Å². The largest absolute Gasteiger partial charge is 0.483 e. The van der Waals surface area contributed by atoms with Gasteiger partial charge in [-0.2, -0.15) is 18.2 Å². The number of nitrogens with zero attached hydrogens (tertiary/aromatic N) is 4. The van der Waals surface area contributed by atoms with Crippen LogP contribution in [-0.4, -0.2) is 66.7 Å². The van der Waals surface area contributed by atoms with Crippen molar-refractivity contribution in [2.45, 2.75) is 19.5 Å². The highest BCUT2D eigenvalue weighted by atomic mass is 35.5. The number of benzene rings is 2. The molecule has 0 saturated carbocycles. The van der Waals surface area contributed by atoms with Crippen LogP contribution in [0.4, 0.5) is 30.4 Å². The van der Waals surface area contributed by atoms with Crippen LogP contribution in [0.3, 0.4) is 0 Å². The number of rotatable bonds is 7. The Morgan fingerprint density at radius 3 is 2.70 bits per heavy atom. The van der Waals surface area contributed by atoms with Crippen LogP contribution in [0, 0.1) is 0 Å². The summed E-state index contributed by atoms with van der Waals surface area (Å²) in [5, 5.41) is 5.88. The van der Waals surface area contributed by atoms with E-state index in [1.807, 2.05) is 4.90 Å². The van der Waals surface area contributed by atoms with Crippen molar-refractivity contribution >= 4 is 34.7 Å². The number of aromatic nitrogens is 2. The summed E-state index contributed by atoms with van der Waals surface area (Å²) in [4.78, 5) is 25.6. The lowest BCUT2D eigenvalue weighted by atomic mass is 10.1. The number of fused-ring (bicyclic) bond motifs is 1. The summed E-state index contributed by atoms with van der Waals surface area (Å²) >= 11 is 6.31. The highest BCUT2D eigenvalue weighted by Gasteiger charge is 2.32. The van der Waals surface area contributed by atoms with Gasteiger partial charge in [-0.25, -0.2) is 4.98 Å². The first-order valence-corrected chi connectivity index (χ1v) is 13.3. The summed E-state index contributed by atoms with van der Waals surface area (Å²) in [5.74, 6) is 0.388. The molecule has 2 N–H and O–H groups in total. The molecule has 0 bridgehead atoms. The molecule has 1 amide bonds. The number of hydrogen-bond acceptors (Lipinski definition) is 8. The average Bonchev–Trinajstić information content (AvgIpc) is 2.94. The molecule has 1 fully saturated rings. The number of nitrogens with one attached hydrogen (secondary N) is 2. The first kappa shape index (κ1) is 27.8. The van der Waals surface area contributed by atoms with Gasteiger partial charge in [-0.1, -0.05) is 18.5 Å². The summed E-state index contributed by atoms with van der Waals surface area (Å²) < 4.78 is 52.8. The van der Waals surface area contributed by atoms with Gasteiger partial charge in [-0.3, -0.25) is 9.69 Å². The zero-order valence-corrected chi connectivity index (χ0v) is 22.5. The van der Waals surface area contributed by atoms with Crippen LogP contribution < -0.4 is 25.0 Å². The molecule has 2 aliphatic rings. The second-order valence-electron chi connectivity index (χ2n) is 9.43. The van der Waals surface area contributed by atoms with Crippen LogP contribution in [0.1, 0.15) is 29.3 Å². The molecule has 2 aromatic carbocycles. The van der Waals surface area contributed by atoms with Crippen molar-refractivity contribution in [3.63, 3.8) is 0 Å². The van der Waals surface area contributed by atoms with Crippen LogP contribution in [0.15, 0.2) is 42.7 Å². The predicted octanol–water partition coefficient (Wildman–Crippen LogP) is 5.53. The molecule has 0 atom stereocenters. The molecular formula is C27H28ClF3N6O3. The normalized spacial score (nSPS) is 15.6. The van der Waals surface area contributed by atoms with Gasteiger partial charge in [0.15, 0.2) is 5.82 Å². The molecule has 0 unspecified atom stereocenters. The van der Waals surface area contributed by atoms with Crippen LogP contribution >= 0.6 is 11.6 Å². The maximum absolute atomic E-state index is 13.8. The van der Waals surface area contributed by atoms with Crippen molar-refractivity contribution < 1.29 is 27.4 Å². The Kier molecular flexibility index (Phi) is 8.17. The Morgan fingerprint density at radius 2 is 1.95 bits per heavy atom. The Labute approximate surface area is 234 Å². The Balaban J connectivity index is 1.37. The van der Waals surface area contributed by atoms with E-state index in [1.54, 1.807) is 6.07 Å². The van der Waals surface area contributed by atoms with Crippen LogP contribution in [0.25, 0.3) is 0 Å². The third kappa shape index (κ3) is 6.34. The third-order valence-corrected chi connectivity index (χ3v) is 6.90. The highest BCUT2D eigenvalue weighted by molar-refractivity contribution is 6.32. The topological polar surface area (TPSA) is 91.9 Å². The van der Waals surface area contributed by atoms with Gasteiger partial charge in [0, 0.05) is 43.1 Å². The van der Waals surface area contributed by atoms with E-state index in [-0.39, 0.29) is 27.9 Å². The Morgan fingerprint density at radius 1 is 1.15 bits per heavy atom. The summed E-state index contributed by atoms with van der Waals surface area (Å²) in [6.07, 6.45) is -2.26. The van der Waals surface area contributed by atoms with Gasteiger partial charge < -0.3 is 25.0 Å². The quantitative estimate of drug-likeness (QED) is 0.379. The minimum absolute atomic E-state index is 0.0348. The van der Waals surface area contributed by atoms with E-state index < -0.39 is 17.6 Å². The molecule has 5 rings (SSSR count). The number of amides is 1. The van der Waals surface area contributed by atoms with E-state index in [4.69, 9.17) is 21.1 Å². The van der Waals surface area contributed by atoms with Crippen molar-refractivity contribution in [2.75, 3.05) is 61.4 Å². The van der Waals surface area contributed by atoms with Gasteiger partial charge in [0.2, 0.25) is 5.75 Å². The molecule has 0 aliphatic carbocycles. The molecule has 1 aromatic heterocycles. The van der Waals surface area contributed by atoms with Gasteiger partial charge >= 0.3 is 6.18 Å². The molecule has 3 aromatic rings. The Bertz CT molecular complexity index is 1380. The van der Waals surface area contributed by atoms with Gasteiger partial charge in [-0.15, -0.1) is 0 Å². The van der Waals surface area contributed by atoms with Crippen molar-refractivity contribution in [3.05, 3.63) is 58.9 Å². The van der Waals surface area contributed by atoms with E-state index >= 15 is 0 Å². The molecule has 0 radical (unpaired) electrons. The lowest BCUT2D eigenvalue weighted by Gasteiger charge is -2.36. The van der Waals surface area contributed by atoms with Gasteiger partial charge in [0.1, 0.15) is 18.7 Å². The number of alkyl halides is 3. The third-order valence-electron chi connectivity index (χ3n) is 6.59. The zero-order chi connectivity index (χ0) is 28.3. The van der Waals surface area contributed by atoms with E-state index in [0.717, 1.165) is 38.2 Å². The number of hydrogen-bond donors (Lipinski definition) is 2.